The average Bonchev–Trinajstić information content (AvgIpc) is 3.66. The molecule has 0 bridgehead atoms. The second kappa shape index (κ2) is 20.8. The van der Waals surface area contributed by atoms with Crippen LogP contribution in [0.15, 0.2) is 42.5 Å². The molecule has 0 radical (unpaired) electrons. The quantitative estimate of drug-likeness (QED) is 0.106. The molecule has 5 atom stereocenters. The molecule has 3 aliphatic heterocycles. The topological polar surface area (TPSA) is 193 Å². The first kappa shape index (κ1) is 51.6. The molecule has 0 saturated carbocycles. The first-order valence-corrected chi connectivity index (χ1v) is 23.0. The Bertz CT molecular complexity index is 1740. The Kier molecular flexibility index (Phi) is 17.1. The Labute approximate surface area is 376 Å². The molecule has 5 amide bonds. The van der Waals surface area contributed by atoms with Gasteiger partial charge in [0.05, 0.1) is 12.0 Å². The van der Waals surface area contributed by atoms with E-state index in [0.717, 1.165) is 5.56 Å². The van der Waals surface area contributed by atoms with Crippen molar-refractivity contribution in [1.82, 2.24) is 36.3 Å². The molecule has 0 unspecified atom stereocenters. The van der Waals surface area contributed by atoms with Gasteiger partial charge in [0, 0.05) is 47.6 Å². The summed E-state index contributed by atoms with van der Waals surface area (Å²) in [6.07, 6.45) is 6.70. The van der Waals surface area contributed by atoms with Crippen LogP contribution in [-0.2, 0) is 30.3 Å². The average molecular weight is 882 g/mol. The van der Waals surface area contributed by atoms with Crippen LogP contribution in [-0.4, -0.2) is 120 Å². The molecule has 3 saturated heterocycles. The SMILES string of the molecule is CC(C)C[C@@H](/C=C/[C@H](Cc1ccccc1)C(=O)N1CCC[C@H]1C(=O)N[C@H](C(=O)N[C@@H](C)C(=O)NC1CC(C)(C)N(O)C(C)(C)C1)C(C)C)NC(=O)OC1CC(C)(C)N(O)C(C)(C)C1. The Balaban J connectivity index is 1.46. The lowest BCUT2D eigenvalue weighted by Gasteiger charge is -2.51. The standard InChI is InChI=1S/C48H79N7O8/c1-30(2)24-35(51-44(60)63-37-28-47(10,11)55(62)48(12,13)29-37)22-21-34(25-33-18-15-14-16-19-33)43(59)53-23-17-20-38(53)41(57)52-39(31(3)4)42(58)49-32(5)40(56)50-36-26-45(6,7)54(61)46(8,9)27-36/h14-16,18-19,21-22,30-32,34-39,61-62H,17,20,23-29H2,1-13H3,(H,49,58)(H,50,56)(H,51,60)(H,52,57)/b22-21+/t32-,34+,35+,38-,39-/m0/s1. The van der Waals surface area contributed by atoms with Crippen molar-refractivity contribution < 1.29 is 39.1 Å². The van der Waals surface area contributed by atoms with Crippen LogP contribution < -0.4 is 21.3 Å². The molecule has 63 heavy (non-hydrogen) atoms. The summed E-state index contributed by atoms with van der Waals surface area (Å²) in [6.45, 7) is 25.1. The number of alkyl carbamates (subject to hydrolysis) is 1. The number of amides is 5. The van der Waals surface area contributed by atoms with Gasteiger partial charge < -0.3 is 41.3 Å². The lowest BCUT2D eigenvalue weighted by molar-refractivity contribution is -0.256. The molecule has 354 valence electrons. The van der Waals surface area contributed by atoms with Gasteiger partial charge in [-0.1, -0.05) is 70.2 Å². The number of benzene rings is 1. The third-order valence-electron chi connectivity index (χ3n) is 12.9. The second-order valence-corrected chi connectivity index (χ2v) is 21.6. The summed E-state index contributed by atoms with van der Waals surface area (Å²) < 4.78 is 5.94. The van der Waals surface area contributed by atoms with E-state index in [9.17, 15) is 34.4 Å². The van der Waals surface area contributed by atoms with Gasteiger partial charge in [-0.15, -0.1) is 0 Å². The van der Waals surface area contributed by atoms with Crippen molar-refractivity contribution in [2.24, 2.45) is 17.8 Å². The number of piperidine rings is 2. The number of carbonyl (C=O) groups excluding carboxylic acids is 5. The van der Waals surface area contributed by atoms with E-state index < -0.39 is 76.3 Å². The fraction of sp³-hybridized carbons (Fsp3) is 0.729. The van der Waals surface area contributed by atoms with Gasteiger partial charge in [0.25, 0.3) is 0 Å². The number of hydrogen-bond donors (Lipinski definition) is 6. The van der Waals surface area contributed by atoms with E-state index in [1.54, 1.807) is 11.8 Å². The number of ether oxygens (including phenoxy) is 1. The number of rotatable bonds is 16. The van der Waals surface area contributed by atoms with Crippen LogP contribution in [0.4, 0.5) is 4.79 Å². The van der Waals surface area contributed by atoms with Crippen LogP contribution in [0.2, 0.25) is 0 Å². The van der Waals surface area contributed by atoms with Crippen LogP contribution in [0.5, 0.6) is 0 Å². The van der Waals surface area contributed by atoms with E-state index in [2.05, 4.69) is 35.1 Å². The van der Waals surface area contributed by atoms with Crippen molar-refractivity contribution in [3.05, 3.63) is 48.0 Å². The predicted octanol–water partition coefficient (Wildman–Crippen LogP) is 6.12. The van der Waals surface area contributed by atoms with Crippen molar-refractivity contribution in [2.75, 3.05) is 6.54 Å². The summed E-state index contributed by atoms with van der Waals surface area (Å²) in [5.41, 5.74) is -1.37. The van der Waals surface area contributed by atoms with Crippen LogP contribution in [0.3, 0.4) is 0 Å². The minimum atomic E-state index is -0.961. The van der Waals surface area contributed by atoms with Gasteiger partial charge in [0.15, 0.2) is 0 Å². The molecule has 0 spiro atoms. The van der Waals surface area contributed by atoms with Crippen LogP contribution >= 0.6 is 0 Å². The summed E-state index contributed by atoms with van der Waals surface area (Å²) in [5.74, 6) is -2.29. The monoisotopic (exact) mass is 882 g/mol. The van der Waals surface area contributed by atoms with Crippen LogP contribution in [0.25, 0.3) is 0 Å². The van der Waals surface area contributed by atoms with Gasteiger partial charge >= 0.3 is 6.09 Å². The van der Waals surface area contributed by atoms with Gasteiger partial charge in [0.1, 0.15) is 24.2 Å². The first-order chi connectivity index (χ1) is 29.1. The van der Waals surface area contributed by atoms with Gasteiger partial charge in [-0.05, 0) is 118 Å². The fourth-order valence-corrected chi connectivity index (χ4v) is 10.0. The summed E-state index contributed by atoms with van der Waals surface area (Å²) in [6, 6.07) is 6.34. The molecule has 6 N–H and O–H groups in total. The van der Waals surface area contributed by atoms with E-state index >= 15 is 0 Å². The van der Waals surface area contributed by atoms with E-state index in [0.29, 0.717) is 57.9 Å². The van der Waals surface area contributed by atoms with Gasteiger partial charge in [-0.3, -0.25) is 19.2 Å². The summed E-state index contributed by atoms with van der Waals surface area (Å²) in [4.78, 5) is 70.7. The molecule has 0 aromatic heterocycles. The molecule has 3 heterocycles. The van der Waals surface area contributed by atoms with Crippen molar-refractivity contribution in [3.63, 3.8) is 0 Å². The molecule has 0 aliphatic carbocycles. The molecule has 4 rings (SSSR count). The lowest BCUT2D eigenvalue weighted by Crippen LogP contribution is -2.64. The van der Waals surface area contributed by atoms with Gasteiger partial charge in [-0.2, -0.15) is 10.1 Å². The second-order valence-electron chi connectivity index (χ2n) is 21.6. The van der Waals surface area contributed by atoms with Crippen molar-refractivity contribution >= 4 is 29.7 Å². The highest BCUT2D eigenvalue weighted by Gasteiger charge is 2.47. The highest BCUT2D eigenvalue weighted by molar-refractivity contribution is 5.95. The normalized spacial score (nSPS) is 23.5. The molecule has 3 fully saturated rings. The van der Waals surface area contributed by atoms with E-state index in [1.165, 1.54) is 10.1 Å². The number of nitrogens with zero attached hydrogens (tertiary/aromatic N) is 3. The smallest absolute Gasteiger partial charge is 0.407 e. The Hall–Kier alpha value is -4.05. The molecule has 15 heteroatoms. The number of hydroxylamine groups is 4. The minimum absolute atomic E-state index is 0.207. The highest BCUT2D eigenvalue weighted by Crippen LogP contribution is 2.39. The number of likely N-dealkylation sites (tertiary alicyclic amines) is 1. The van der Waals surface area contributed by atoms with E-state index in [1.807, 2.05) is 112 Å². The van der Waals surface area contributed by atoms with Crippen LogP contribution in [0, 0.1) is 17.8 Å². The lowest BCUT2D eigenvalue weighted by atomic mass is 9.79. The molecule has 3 aliphatic rings. The zero-order valence-electron chi connectivity index (χ0n) is 40.3. The fourth-order valence-electron chi connectivity index (χ4n) is 10.0. The Morgan fingerprint density at radius 2 is 1.32 bits per heavy atom. The Morgan fingerprint density at radius 1 is 0.762 bits per heavy atom. The predicted molar refractivity (Wildman–Crippen MR) is 242 cm³/mol. The van der Waals surface area contributed by atoms with E-state index in [-0.39, 0.29) is 29.7 Å². The van der Waals surface area contributed by atoms with Crippen molar-refractivity contribution in [2.45, 2.75) is 200 Å². The molecular weight excluding hydrogens is 803 g/mol. The van der Waals surface area contributed by atoms with Gasteiger partial charge in [-0.25, -0.2) is 4.79 Å². The maximum atomic E-state index is 14.6. The number of hydrogen-bond acceptors (Lipinski definition) is 10. The molecule has 1 aromatic carbocycles. The molecule has 1 aromatic rings. The first-order valence-electron chi connectivity index (χ1n) is 23.0. The maximum absolute atomic E-state index is 14.6. The number of carbonyl (C=O) groups is 5. The van der Waals surface area contributed by atoms with Crippen LogP contribution in [0.1, 0.15) is 141 Å². The third-order valence-corrected chi connectivity index (χ3v) is 12.9. The highest BCUT2D eigenvalue weighted by atomic mass is 16.6. The Morgan fingerprint density at radius 3 is 1.86 bits per heavy atom. The minimum Gasteiger partial charge on any atom is -0.446 e. The zero-order chi connectivity index (χ0) is 47.2. The number of nitrogens with one attached hydrogen (secondary N) is 4. The van der Waals surface area contributed by atoms with Gasteiger partial charge in [0.2, 0.25) is 23.6 Å². The summed E-state index contributed by atoms with van der Waals surface area (Å²) in [5, 5.41) is 35.9. The molecule has 15 nitrogen and oxygen atoms in total. The van der Waals surface area contributed by atoms with Crippen molar-refractivity contribution in [1.29, 1.82) is 0 Å². The zero-order valence-corrected chi connectivity index (χ0v) is 40.3. The largest absolute Gasteiger partial charge is 0.446 e. The molecular formula is C48H79N7O8. The maximum Gasteiger partial charge on any atom is 0.407 e. The van der Waals surface area contributed by atoms with E-state index in [4.69, 9.17) is 4.74 Å². The summed E-state index contributed by atoms with van der Waals surface area (Å²) >= 11 is 0. The third kappa shape index (κ3) is 13.7. The summed E-state index contributed by atoms with van der Waals surface area (Å²) in [7, 11) is 0. The van der Waals surface area contributed by atoms with Crippen molar-refractivity contribution in [3.8, 4) is 0 Å².